The van der Waals surface area contributed by atoms with Crippen LogP contribution in [0.1, 0.15) is 0 Å². The summed E-state index contributed by atoms with van der Waals surface area (Å²) >= 11 is 0. The fraction of sp³-hybridized carbons (Fsp3) is 0. The maximum absolute atomic E-state index is 2.40. The summed E-state index contributed by atoms with van der Waals surface area (Å²) in [6.45, 7) is 0. The maximum Gasteiger partial charge on any atom is 0.0541 e. The van der Waals surface area contributed by atoms with Crippen molar-refractivity contribution in [1.82, 2.24) is 4.57 Å². The topological polar surface area (TPSA) is 8.17 Å². The Morgan fingerprint density at radius 2 is 0.722 bits per heavy atom. The Bertz CT molecular complexity index is 2810. The predicted molar refractivity (Wildman–Crippen MR) is 229 cm³/mol. The van der Waals surface area contributed by atoms with E-state index in [0.29, 0.717) is 0 Å². The molecule has 54 heavy (non-hydrogen) atoms. The Labute approximate surface area is 315 Å². The fourth-order valence-electron chi connectivity index (χ4n) is 7.86. The maximum atomic E-state index is 2.40. The van der Waals surface area contributed by atoms with Gasteiger partial charge in [-0.05, 0) is 111 Å². The van der Waals surface area contributed by atoms with Crippen molar-refractivity contribution >= 4 is 49.6 Å². The monoisotopic (exact) mass is 688 g/mol. The van der Waals surface area contributed by atoms with Gasteiger partial charge < -0.3 is 9.47 Å². The molecule has 0 saturated carbocycles. The zero-order valence-corrected chi connectivity index (χ0v) is 29.7. The van der Waals surface area contributed by atoms with Gasteiger partial charge in [0, 0.05) is 33.5 Å². The second-order valence-electron chi connectivity index (χ2n) is 13.8. The first-order chi connectivity index (χ1) is 26.8. The van der Waals surface area contributed by atoms with Crippen molar-refractivity contribution < 1.29 is 0 Å². The number of rotatable bonds is 7. The fourth-order valence-corrected chi connectivity index (χ4v) is 7.86. The van der Waals surface area contributed by atoms with Crippen molar-refractivity contribution in [2.75, 3.05) is 4.90 Å². The van der Waals surface area contributed by atoms with Crippen molar-refractivity contribution in [1.29, 1.82) is 0 Å². The summed E-state index contributed by atoms with van der Waals surface area (Å²) in [6.07, 6.45) is 0. The van der Waals surface area contributed by atoms with Crippen LogP contribution in [0.2, 0.25) is 0 Å². The minimum atomic E-state index is 1.10. The van der Waals surface area contributed by atoms with Gasteiger partial charge in [0.05, 0.1) is 11.0 Å². The molecular weight excluding hydrogens is 653 g/mol. The summed E-state index contributed by atoms with van der Waals surface area (Å²) in [5.41, 5.74) is 14.1. The van der Waals surface area contributed by atoms with Gasteiger partial charge in [0.25, 0.3) is 0 Å². The van der Waals surface area contributed by atoms with Gasteiger partial charge in [-0.25, -0.2) is 0 Å². The van der Waals surface area contributed by atoms with E-state index in [1.165, 1.54) is 71.6 Å². The first kappa shape index (κ1) is 31.6. The molecule has 1 aromatic heterocycles. The lowest BCUT2D eigenvalue weighted by Gasteiger charge is -2.26. The number of para-hydroxylation sites is 1. The second kappa shape index (κ2) is 13.4. The molecule has 9 aromatic carbocycles. The minimum Gasteiger partial charge on any atom is -0.311 e. The second-order valence-corrected chi connectivity index (χ2v) is 13.8. The molecule has 254 valence electrons. The third-order valence-corrected chi connectivity index (χ3v) is 10.6. The quantitative estimate of drug-likeness (QED) is 0.162. The Balaban J connectivity index is 1.03. The van der Waals surface area contributed by atoms with Crippen LogP contribution < -0.4 is 4.90 Å². The van der Waals surface area contributed by atoms with E-state index in [9.17, 15) is 0 Å². The molecule has 0 radical (unpaired) electrons. The first-order valence-electron chi connectivity index (χ1n) is 18.5. The summed E-state index contributed by atoms with van der Waals surface area (Å²) in [4.78, 5) is 2.34. The van der Waals surface area contributed by atoms with E-state index in [1.54, 1.807) is 0 Å². The molecule has 1 heterocycles. The zero-order chi connectivity index (χ0) is 35.8. The normalized spacial score (nSPS) is 11.3. The van der Waals surface area contributed by atoms with Crippen molar-refractivity contribution in [2.24, 2.45) is 0 Å². The van der Waals surface area contributed by atoms with Crippen LogP contribution in [0.3, 0.4) is 0 Å². The molecule has 10 rings (SSSR count). The highest BCUT2D eigenvalue weighted by Gasteiger charge is 2.16. The number of aromatic nitrogens is 1. The summed E-state index contributed by atoms with van der Waals surface area (Å²) in [5, 5.41) is 4.99. The van der Waals surface area contributed by atoms with Crippen molar-refractivity contribution in [2.45, 2.75) is 0 Å². The van der Waals surface area contributed by atoms with Gasteiger partial charge in [0.15, 0.2) is 0 Å². The van der Waals surface area contributed by atoms with Gasteiger partial charge in [-0.15, -0.1) is 0 Å². The molecular formula is C52H36N2. The molecule has 0 saturated heterocycles. The van der Waals surface area contributed by atoms with Gasteiger partial charge >= 0.3 is 0 Å². The highest BCUT2D eigenvalue weighted by molar-refractivity contribution is 6.10. The lowest BCUT2D eigenvalue weighted by atomic mass is 10.0. The van der Waals surface area contributed by atoms with Crippen LogP contribution in [0.25, 0.3) is 71.6 Å². The molecule has 0 amide bonds. The minimum absolute atomic E-state index is 1.10. The molecule has 0 atom stereocenters. The van der Waals surface area contributed by atoms with Gasteiger partial charge in [-0.3, -0.25) is 0 Å². The van der Waals surface area contributed by atoms with Crippen LogP contribution in [0.4, 0.5) is 17.1 Å². The Hall–Kier alpha value is -7.16. The van der Waals surface area contributed by atoms with Crippen LogP contribution >= 0.6 is 0 Å². The lowest BCUT2D eigenvalue weighted by molar-refractivity contribution is 1.19. The first-order valence-corrected chi connectivity index (χ1v) is 18.5. The number of hydrogen-bond donors (Lipinski definition) is 0. The summed E-state index contributed by atoms with van der Waals surface area (Å²) in [7, 11) is 0. The average molecular weight is 689 g/mol. The van der Waals surface area contributed by atoms with Crippen molar-refractivity contribution in [3.63, 3.8) is 0 Å². The van der Waals surface area contributed by atoms with E-state index >= 15 is 0 Å². The Kier molecular flexibility index (Phi) is 7.85. The highest BCUT2D eigenvalue weighted by Crippen LogP contribution is 2.39. The molecule has 0 aliphatic carbocycles. The number of anilines is 3. The molecule has 0 fully saturated rings. The summed E-state index contributed by atoms with van der Waals surface area (Å²) in [6, 6.07) is 78.8. The van der Waals surface area contributed by atoms with E-state index < -0.39 is 0 Å². The SMILES string of the molecule is c1ccc(-c2ccc(N(c3ccc(-c4ccccc4)cc3)c3ccc(-c4ccc5c(c4)c4ccccc4n5-c4ccc5ccccc5c4)cc3)cc2)cc1. The van der Waals surface area contributed by atoms with Crippen molar-refractivity contribution in [3.8, 4) is 39.1 Å². The highest BCUT2D eigenvalue weighted by atomic mass is 15.1. The van der Waals surface area contributed by atoms with Crippen LogP contribution in [0.15, 0.2) is 218 Å². The van der Waals surface area contributed by atoms with Gasteiger partial charge in [-0.1, -0.05) is 152 Å². The van der Waals surface area contributed by atoms with Crippen LogP contribution in [-0.4, -0.2) is 4.57 Å². The Morgan fingerprint density at radius 3 is 1.31 bits per heavy atom. The number of hydrogen-bond acceptors (Lipinski definition) is 1. The van der Waals surface area contributed by atoms with Gasteiger partial charge in [0.1, 0.15) is 0 Å². The van der Waals surface area contributed by atoms with Gasteiger partial charge in [-0.2, -0.15) is 0 Å². The van der Waals surface area contributed by atoms with Crippen LogP contribution in [-0.2, 0) is 0 Å². The molecule has 0 aliphatic heterocycles. The van der Waals surface area contributed by atoms with Gasteiger partial charge in [0.2, 0.25) is 0 Å². The number of nitrogens with zero attached hydrogens (tertiary/aromatic N) is 2. The number of benzene rings is 9. The van der Waals surface area contributed by atoms with E-state index in [0.717, 1.165) is 17.1 Å². The predicted octanol–water partition coefficient (Wildman–Crippen LogP) is 14.4. The van der Waals surface area contributed by atoms with E-state index in [2.05, 4.69) is 228 Å². The lowest BCUT2D eigenvalue weighted by Crippen LogP contribution is -2.09. The van der Waals surface area contributed by atoms with Crippen LogP contribution in [0.5, 0.6) is 0 Å². The summed E-state index contributed by atoms with van der Waals surface area (Å²) < 4.78 is 2.40. The molecule has 0 N–H and O–H groups in total. The van der Waals surface area contributed by atoms with Crippen molar-refractivity contribution in [3.05, 3.63) is 218 Å². The molecule has 0 spiro atoms. The molecule has 0 aliphatic rings. The molecule has 0 bridgehead atoms. The third kappa shape index (κ3) is 5.71. The smallest absolute Gasteiger partial charge is 0.0541 e. The molecule has 0 unspecified atom stereocenters. The zero-order valence-electron chi connectivity index (χ0n) is 29.7. The third-order valence-electron chi connectivity index (χ3n) is 10.6. The van der Waals surface area contributed by atoms with E-state index in [1.807, 2.05) is 0 Å². The van der Waals surface area contributed by atoms with E-state index in [-0.39, 0.29) is 0 Å². The summed E-state index contributed by atoms with van der Waals surface area (Å²) in [5.74, 6) is 0. The molecule has 2 heteroatoms. The largest absolute Gasteiger partial charge is 0.311 e. The van der Waals surface area contributed by atoms with Crippen LogP contribution in [0, 0.1) is 0 Å². The van der Waals surface area contributed by atoms with E-state index in [4.69, 9.17) is 0 Å². The molecule has 2 nitrogen and oxygen atoms in total. The molecule has 10 aromatic rings. The average Bonchev–Trinajstić information content (AvgIpc) is 3.59. The standard InChI is InChI=1S/C52H36N2/c1-3-11-37(12-4-1)40-19-27-45(28-20-40)53(46-29-21-41(22-30-46)38-13-5-2-6-14-38)47-31-23-42(24-32-47)44-26-34-52-50(36-44)49-17-9-10-18-51(49)54(52)48-33-25-39-15-7-8-16-43(39)35-48/h1-36H. The Morgan fingerprint density at radius 1 is 0.278 bits per heavy atom. The number of fused-ring (bicyclic) bond motifs is 4.